The summed E-state index contributed by atoms with van der Waals surface area (Å²) in [5.41, 5.74) is 4.51. The molecular weight excluding hydrogens is 250 g/mol. The highest BCUT2D eigenvalue weighted by Crippen LogP contribution is 2.31. The molecule has 0 aliphatic carbocycles. The number of fused-ring (bicyclic) bond motifs is 7. The van der Waals surface area contributed by atoms with Crippen LogP contribution in [0.15, 0.2) is 43.2 Å². The van der Waals surface area contributed by atoms with Gasteiger partial charge in [0.1, 0.15) is 6.54 Å². The molecule has 20 heavy (non-hydrogen) atoms. The van der Waals surface area contributed by atoms with Crippen LogP contribution in [0.25, 0.3) is 27.9 Å². The summed E-state index contributed by atoms with van der Waals surface area (Å²) in [5.74, 6) is 0.715. The topological polar surface area (TPSA) is 39.0 Å². The van der Waals surface area contributed by atoms with Crippen molar-refractivity contribution in [3.63, 3.8) is 0 Å². The van der Waals surface area contributed by atoms with E-state index in [9.17, 15) is 0 Å². The van der Waals surface area contributed by atoms with E-state index < -0.39 is 6.98 Å². The summed E-state index contributed by atoms with van der Waals surface area (Å²) in [4.78, 5) is 8.27. The van der Waals surface area contributed by atoms with Crippen molar-refractivity contribution in [1.82, 2.24) is 18.9 Å². The molecule has 5 heteroatoms. The van der Waals surface area contributed by atoms with E-state index in [0.29, 0.717) is 17.9 Å². The molecule has 0 fully saturated rings. The first-order chi connectivity index (χ1) is 11.1. The lowest BCUT2D eigenvalue weighted by Crippen LogP contribution is -2.31. The maximum atomic E-state index is 8.00. The summed E-state index contributed by atoms with van der Waals surface area (Å²) in [6, 6.07) is 3.78. The lowest BCUT2D eigenvalue weighted by Gasteiger charge is -1.94. The van der Waals surface area contributed by atoms with Gasteiger partial charge in [-0.2, -0.15) is 0 Å². The van der Waals surface area contributed by atoms with E-state index in [2.05, 4.69) is 14.5 Å². The van der Waals surface area contributed by atoms with Crippen molar-refractivity contribution >= 4 is 16.6 Å². The van der Waals surface area contributed by atoms with Crippen LogP contribution in [0.4, 0.5) is 0 Å². The van der Waals surface area contributed by atoms with Gasteiger partial charge in [-0.1, -0.05) is 0 Å². The van der Waals surface area contributed by atoms with Crippen LogP contribution in [0, 0.1) is 0 Å². The van der Waals surface area contributed by atoms with Crippen LogP contribution in [-0.2, 0) is 13.5 Å². The third-order valence-electron chi connectivity index (χ3n) is 3.99. The molecule has 0 radical (unpaired) electrons. The second kappa shape index (κ2) is 3.25. The van der Waals surface area contributed by atoms with E-state index in [4.69, 9.17) is 4.11 Å². The molecule has 1 aliphatic heterocycles. The van der Waals surface area contributed by atoms with Crippen molar-refractivity contribution < 1.29 is 8.68 Å². The van der Waals surface area contributed by atoms with Gasteiger partial charge >= 0.3 is 0 Å². The molecule has 0 saturated heterocycles. The standard InChI is InChI=1S/C15H12N5/c1-18-13-8-19-9-17-5-3-12(19)14(13)20-7-10-6-16-4-2-11(10)15(18)20/h2-6,8-9H,7H2,1H3/q+1/i1D3. The van der Waals surface area contributed by atoms with Gasteiger partial charge in [-0.05, 0) is 12.1 Å². The number of rotatable bonds is 0. The van der Waals surface area contributed by atoms with E-state index in [1.54, 1.807) is 24.9 Å². The second-order valence-corrected chi connectivity index (χ2v) is 5.01. The SMILES string of the molecule is [2H]C([2H])([2H])n1c2[n+](c3c1cn1cnccc31)Cc1cnccc1-2. The molecule has 0 bridgehead atoms. The number of nitrogens with zero attached hydrogens (tertiary/aromatic N) is 5. The molecule has 0 atom stereocenters. The molecule has 0 N–H and O–H groups in total. The van der Waals surface area contributed by atoms with E-state index >= 15 is 0 Å². The minimum Gasteiger partial charge on any atom is -0.299 e. The van der Waals surface area contributed by atoms with Crippen molar-refractivity contribution in [3.05, 3.63) is 48.8 Å². The molecule has 0 spiro atoms. The Bertz CT molecular complexity index is 1090. The number of pyridine rings is 1. The lowest BCUT2D eigenvalue weighted by atomic mass is 10.2. The molecule has 5 heterocycles. The first-order valence-electron chi connectivity index (χ1n) is 7.88. The summed E-state index contributed by atoms with van der Waals surface area (Å²) >= 11 is 0. The summed E-state index contributed by atoms with van der Waals surface area (Å²) in [5, 5.41) is 0. The van der Waals surface area contributed by atoms with Gasteiger partial charge in [-0.25, -0.2) is 14.1 Å². The normalized spacial score (nSPS) is 15.9. The Hall–Kier alpha value is -2.69. The molecular formula is C15H12N5+. The molecule has 4 aromatic rings. The summed E-state index contributed by atoms with van der Waals surface area (Å²) in [6.45, 7) is -1.64. The summed E-state index contributed by atoms with van der Waals surface area (Å²) in [6.07, 6.45) is 8.74. The largest absolute Gasteiger partial charge is 0.299 e. The minimum absolute atomic E-state index is 0.625. The Morgan fingerprint density at radius 2 is 2.20 bits per heavy atom. The Kier molecular flexibility index (Phi) is 1.27. The maximum Gasteiger partial charge on any atom is 0.290 e. The first kappa shape index (κ1) is 7.79. The van der Waals surface area contributed by atoms with E-state index in [-0.39, 0.29) is 0 Å². The fourth-order valence-electron chi connectivity index (χ4n) is 3.14. The zero-order valence-electron chi connectivity index (χ0n) is 13.5. The lowest BCUT2D eigenvalue weighted by molar-refractivity contribution is -0.645. The van der Waals surface area contributed by atoms with Gasteiger partial charge in [0.05, 0.1) is 34.7 Å². The molecule has 0 amide bonds. The molecule has 4 aromatic heterocycles. The molecule has 0 unspecified atom stereocenters. The third-order valence-corrected chi connectivity index (χ3v) is 3.99. The number of imidazole rings is 1. The Morgan fingerprint density at radius 1 is 1.25 bits per heavy atom. The van der Waals surface area contributed by atoms with Gasteiger partial charge in [-0.15, -0.1) is 0 Å². The highest BCUT2D eigenvalue weighted by Gasteiger charge is 2.34. The van der Waals surface area contributed by atoms with Crippen LogP contribution in [0.1, 0.15) is 9.68 Å². The van der Waals surface area contributed by atoms with Crippen LogP contribution in [-0.4, -0.2) is 18.9 Å². The van der Waals surface area contributed by atoms with Crippen molar-refractivity contribution in [3.8, 4) is 11.4 Å². The summed E-state index contributed by atoms with van der Waals surface area (Å²) in [7, 11) is 0. The molecule has 96 valence electrons. The predicted octanol–water partition coefficient (Wildman–Crippen LogP) is 1.54. The predicted molar refractivity (Wildman–Crippen MR) is 74.2 cm³/mol. The average Bonchev–Trinajstić information content (AvgIpc) is 3.12. The molecule has 5 nitrogen and oxygen atoms in total. The Labute approximate surface area is 119 Å². The van der Waals surface area contributed by atoms with Gasteiger partial charge in [-0.3, -0.25) is 9.38 Å². The minimum atomic E-state index is -2.26. The monoisotopic (exact) mass is 265 g/mol. The van der Waals surface area contributed by atoms with Crippen molar-refractivity contribution in [2.75, 3.05) is 0 Å². The van der Waals surface area contributed by atoms with Crippen LogP contribution in [0.2, 0.25) is 0 Å². The zero-order chi connectivity index (χ0) is 15.8. The fourth-order valence-corrected chi connectivity index (χ4v) is 3.14. The summed E-state index contributed by atoms with van der Waals surface area (Å²) < 4.78 is 29.4. The third kappa shape index (κ3) is 1.02. The van der Waals surface area contributed by atoms with Crippen LogP contribution in [0.3, 0.4) is 0 Å². The highest BCUT2D eigenvalue weighted by molar-refractivity contribution is 5.91. The van der Waals surface area contributed by atoms with Crippen LogP contribution in [0.5, 0.6) is 0 Å². The van der Waals surface area contributed by atoms with Crippen molar-refractivity contribution in [1.29, 1.82) is 0 Å². The number of aromatic nitrogens is 5. The van der Waals surface area contributed by atoms with Gasteiger partial charge in [0.2, 0.25) is 5.52 Å². The smallest absolute Gasteiger partial charge is 0.290 e. The molecule has 0 saturated carbocycles. The molecule has 0 aromatic carbocycles. The highest BCUT2D eigenvalue weighted by atomic mass is 15.2. The van der Waals surface area contributed by atoms with Gasteiger partial charge in [0.15, 0.2) is 5.52 Å². The molecule has 1 aliphatic rings. The quantitative estimate of drug-likeness (QED) is 0.398. The van der Waals surface area contributed by atoms with Gasteiger partial charge in [0.25, 0.3) is 5.82 Å². The van der Waals surface area contributed by atoms with Gasteiger partial charge in [0, 0.05) is 24.2 Å². The average molecular weight is 265 g/mol. The zero-order valence-corrected chi connectivity index (χ0v) is 10.5. The second-order valence-electron chi connectivity index (χ2n) is 5.01. The van der Waals surface area contributed by atoms with E-state index in [1.165, 1.54) is 4.57 Å². The van der Waals surface area contributed by atoms with Crippen molar-refractivity contribution in [2.45, 2.75) is 6.54 Å². The first-order valence-corrected chi connectivity index (χ1v) is 6.38. The van der Waals surface area contributed by atoms with Crippen molar-refractivity contribution in [2.24, 2.45) is 6.98 Å². The van der Waals surface area contributed by atoms with Crippen LogP contribution >= 0.6 is 0 Å². The Morgan fingerprint density at radius 3 is 3.15 bits per heavy atom. The van der Waals surface area contributed by atoms with Crippen LogP contribution < -0.4 is 4.57 Å². The van der Waals surface area contributed by atoms with E-state index in [1.807, 2.05) is 22.7 Å². The number of aryl methyl sites for hydroxylation is 1. The Balaban J connectivity index is 2.01. The van der Waals surface area contributed by atoms with E-state index in [0.717, 1.165) is 22.2 Å². The number of hydrogen-bond acceptors (Lipinski definition) is 2. The number of hydrogen-bond donors (Lipinski definition) is 0. The van der Waals surface area contributed by atoms with Gasteiger partial charge < -0.3 is 0 Å². The fraction of sp³-hybridized carbons (Fsp3) is 0.133. The maximum absolute atomic E-state index is 8.00. The molecule has 5 rings (SSSR count).